The monoisotopic (exact) mass is 272 g/mol. The van der Waals surface area contributed by atoms with Crippen LogP contribution in [0.4, 0.5) is 18.9 Å². The van der Waals surface area contributed by atoms with Gasteiger partial charge >= 0.3 is 6.18 Å². The third-order valence-corrected chi connectivity index (χ3v) is 3.40. The number of anilines is 1. The van der Waals surface area contributed by atoms with E-state index < -0.39 is 12.7 Å². The van der Waals surface area contributed by atoms with Crippen molar-refractivity contribution in [2.75, 3.05) is 18.0 Å². The van der Waals surface area contributed by atoms with Crippen molar-refractivity contribution in [1.82, 2.24) is 5.32 Å². The van der Waals surface area contributed by atoms with Crippen LogP contribution in [0.5, 0.6) is 0 Å². The van der Waals surface area contributed by atoms with Crippen molar-refractivity contribution in [2.45, 2.75) is 39.0 Å². The topological polar surface area (TPSA) is 15.3 Å². The van der Waals surface area contributed by atoms with E-state index in [2.05, 4.69) is 5.32 Å². The lowest BCUT2D eigenvalue weighted by molar-refractivity contribution is -0.120. The summed E-state index contributed by atoms with van der Waals surface area (Å²) in [6.45, 7) is 4.26. The summed E-state index contributed by atoms with van der Waals surface area (Å²) in [5.74, 6) is 0. The van der Waals surface area contributed by atoms with E-state index in [1.807, 2.05) is 12.1 Å². The molecule has 0 saturated carbocycles. The van der Waals surface area contributed by atoms with E-state index in [1.165, 1.54) is 4.90 Å². The number of fused-ring (bicyclic) bond motifs is 1. The zero-order valence-corrected chi connectivity index (χ0v) is 11.2. The number of hydrogen-bond acceptors (Lipinski definition) is 2. The highest BCUT2D eigenvalue weighted by Crippen LogP contribution is 2.30. The van der Waals surface area contributed by atoms with Crippen molar-refractivity contribution in [2.24, 2.45) is 0 Å². The van der Waals surface area contributed by atoms with Gasteiger partial charge in [0.05, 0.1) is 0 Å². The molecule has 1 aromatic carbocycles. The van der Waals surface area contributed by atoms with Crippen LogP contribution in [-0.2, 0) is 13.0 Å². The van der Waals surface area contributed by atoms with Gasteiger partial charge in [0.25, 0.3) is 0 Å². The third kappa shape index (κ3) is 3.41. The van der Waals surface area contributed by atoms with Gasteiger partial charge in [-0.1, -0.05) is 12.1 Å². The van der Waals surface area contributed by atoms with E-state index in [1.54, 1.807) is 19.9 Å². The average molecular weight is 272 g/mol. The number of benzene rings is 1. The Morgan fingerprint density at radius 3 is 2.68 bits per heavy atom. The van der Waals surface area contributed by atoms with Crippen molar-refractivity contribution >= 4 is 5.69 Å². The first kappa shape index (κ1) is 14.2. The van der Waals surface area contributed by atoms with E-state index in [0.29, 0.717) is 0 Å². The fourth-order valence-corrected chi connectivity index (χ4v) is 2.52. The predicted molar refractivity (Wildman–Crippen MR) is 70.4 cm³/mol. The summed E-state index contributed by atoms with van der Waals surface area (Å²) < 4.78 is 38.2. The Balaban J connectivity index is 2.37. The maximum Gasteiger partial charge on any atom is 0.405 e. The molecule has 1 aliphatic rings. The fourth-order valence-electron chi connectivity index (χ4n) is 2.52. The molecule has 0 atom stereocenters. The second-order valence-corrected chi connectivity index (χ2v) is 5.18. The predicted octanol–water partition coefficient (Wildman–Crippen LogP) is 3.11. The summed E-state index contributed by atoms with van der Waals surface area (Å²) in [4.78, 5) is 1.45. The molecule has 0 aliphatic carbocycles. The molecule has 0 radical (unpaired) electrons. The van der Waals surface area contributed by atoms with Crippen molar-refractivity contribution < 1.29 is 13.2 Å². The first-order valence-corrected chi connectivity index (χ1v) is 6.53. The second kappa shape index (κ2) is 5.41. The summed E-state index contributed by atoms with van der Waals surface area (Å²) in [5, 5.41) is 3.24. The molecule has 1 N–H and O–H groups in total. The molecule has 2 nitrogen and oxygen atoms in total. The normalized spacial score (nSPS) is 15.5. The molecule has 106 valence electrons. The Kier molecular flexibility index (Phi) is 4.04. The van der Waals surface area contributed by atoms with Gasteiger partial charge < -0.3 is 10.2 Å². The lowest BCUT2D eigenvalue weighted by atomic mass is 9.98. The second-order valence-electron chi connectivity index (χ2n) is 5.18. The van der Waals surface area contributed by atoms with Gasteiger partial charge in [-0.3, -0.25) is 0 Å². The molecule has 5 heteroatoms. The van der Waals surface area contributed by atoms with Crippen LogP contribution in [0.1, 0.15) is 25.0 Å². The first-order chi connectivity index (χ1) is 8.88. The summed E-state index contributed by atoms with van der Waals surface area (Å²) in [7, 11) is 0. The van der Waals surface area contributed by atoms with Crippen molar-refractivity contribution in [3.05, 3.63) is 29.3 Å². The molecule has 19 heavy (non-hydrogen) atoms. The lowest BCUT2D eigenvalue weighted by Crippen LogP contribution is -2.40. The van der Waals surface area contributed by atoms with Crippen LogP contribution in [0.15, 0.2) is 18.2 Å². The molecular formula is C14H19F3N2. The Bertz CT molecular complexity index is 441. The van der Waals surface area contributed by atoms with Gasteiger partial charge in [-0.2, -0.15) is 13.2 Å². The SMILES string of the molecule is CC(C)N(CC(F)(F)F)c1cccc2c1CCNC2. The molecule has 0 aromatic heterocycles. The maximum atomic E-state index is 12.7. The van der Waals surface area contributed by atoms with Crippen molar-refractivity contribution in [3.63, 3.8) is 0 Å². The van der Waals surface area contributed by atoms with Gasteiger partial charge in [0.1, 0.15) is 6.54 Å². The summed E-state index contributed by atoms with van der Waals surface area (Å²) in [6, 6.07) is 5.45. The van der Waals surface area contributed by atoms with Crippen molar-refractivity contribution in [3.8, 4) is 0 Å². The van der Waals surface area contributed by atoms with Gasteiger partial charge in [-0.15, -0.1) is 0 Å². The fraction of sp³-hybridized carbons (Fsp3) is 0.571. The van der Waals surface area contributed by atoms with Gasteiger partial charge in [0.15, 0.2) is 0 Å². The molecule has 0 bridgehead atoms. The van der Waals surface area contributed by atoms with Gasteiger partial charge in [0.2, 0.25) is 0 Å². The number of nitrogens with zero attached hydrogens (tertiary/aromatic N) is 1. The van der Waals surface area contributed by atoms with E-state index in [0.717, 1.165) is 36.3 Å². The summed E-state index contributed by atoms with van der Waals surface area (Å²) in [6.07, 6.45) is -3.40. The highest BCUT2D eigenvalue weighted by Gasteiger charge is 2.33. The van der Waals surface area contributed by atoms with Crippen LogP contribution in [0.25, 0.3) is 0 Å². The molecule has 1 aromatic rings. The van der Waals surface area contributed by atoms with E-state index in [9.17, 15) is 13.2 Å². The quantitative estimate of drug-likeness (QED) is 0.909. The number of hydrogen-bond donors (Lipinski definition) is 1. The summed E-state index contributed by atoms with van der Waals surface area (Å²) in [5.41, 5.74) is 2.89. The molecule has 0 spiro atoms. The van der Waals surface area contributed by atoms with E-state index in [-0.39, 0.29) is 6.04 Å². The molecule has 0 unspecified atom stereocenters. The zero-order chi connectivity index (χ0) is 14.0. The Labute approximate surface area is 111 Å². The van der Waals surface area contributed by atoms with Gasteiger partial charge in [0, 0.05) is 18.3 Å². The van der Waals surface area contributed by atoms with Gasteiger partial charge in [-0.05, 0) is 44.0 Å². The molecule has 2 rings (SSSR count). The van der Waals surface area contributed by atoms with Gasteiger partial charge in [-0.25, -0.2) is 0 Å². The Hall–Kier alpha value is -1.23. The number of nitrogens with one attached hydrogen (secondary N) is 1. The van der Waals surface area contributed by atoms with E-state index in [4.69, 9.17) is 0 Å². The molecule has 0 fully saturated rings. The molecule has 1 aliphatic heterocycles. The smallest absolute Gasteiger partial charge is 0.360 e. The molecule has 0 amide bonds. The minimum Gasteiger partial charge on any atom is -0.360 e. The maximum absolute atomic E-state index is 12.7. The summed E-state index contributed by atoms with van der Waals surface area (Å²) >= 11 is 0. The highest BCUT2D eigenvalue weighted by molar-refractivity contribution is 5.58. The first-order valence-electron chi connectivity index (χ1n) is 6.53. The zero-order valence-electron chi connectivity index (χ0n) is 11.2. The minimum absolute atomic E-state index is 0.178. The third-order valence-electron chi connectivity index (χ3n) is 3.40. The van der Waals surface area contributed by atoms with Crippen LogP contribution in [-0.4, -0.2) is 25.3 Å². The highest BCUT2D eigenvalue weighted by atomic mass is 19.4. The van der Waals surface area contributed by atoms with Crippen molar-refractivity contribution in [1.29, 1.82) is 0 Å². The number of alkyl halides is 3. The minimum atomic E-state index is -4.18. The van der Waals surface area contributed by atoms with E-state index >= 15 is 0 Å². The molecule has 0 saturated heterocycles. The van der Waals surface area contributed by atoms with Crippen LogP contribution < -0.4 is 10.2 Å². The molecule has 1 heterocycles. The largest absolute Gasteiger partial charge is 0.405 e. The number of rotatable bonds is 3. The van der Waals surface area contributed by atoms with Crippen LogP contribution in [0.3, 0.4) is 0 Å². The van der Waals surface area contributed by atoms with Crippen LogP contribution >= 0.6 is 0 Å². The standard InChI is InChI=1S/C14H19F3N2/c1-10(2)19(9-14(15,16)17)13-5-3-4-11-8-18-7-6-12(11)13/h3-5,10,18H,6-9H2,1-2H3. The van der Waals surface area contributed by atoms with Crippen LogP contribution in [0, 0.1) is 0 Å². The lowest BCUT2D eigenvalue weighted by Gasteiger charge is -2.33. The average Bonchev–Trinajstić information content (AvgIpc) is 2.34. The Morgan fingerprint density at radius 1 is 1.32 bits per heavy atom. The molecular weight excluding hydrogens is 253 g/mol. The van der Waals surface area contributed by atoms with Crippen LogP contribution in [0.2, 0.25) is 0 Å². The Morgan fingerprint density at radius 2 is 2.05 bits per heavy atom. The number of halogens is 3.